The highest BCUT2D eigenvalue weighted by Crippen LogP contribution is 2.61. The van der Waals surface area contributed by atoms with Gasteiger partial charge in [0.1, 0.15) is 12.2 Å². The second-order valence-electron chi connectivity index (χ2n) is 14.9. The third-order valence-corrected chi connectivity index (χ3v) is 11.8. The molecule has 0 aromatic heterocycles. The minimum absolute atomic E-state index is 0. The number of hydrogen-bond donors (Lipinski definition) is 0. The van der Waals surface area contributed by atoms with Gasteiger partial charge in [0.15, 0.2) is 0 Å². The van der Waals surface area contributed by atoms with Crippen molar-refractivity contribution >= 4 is 23.9 Å². The Morgan fingerprint density at radius 2 is 1.27 bits per heavy atom. The molecule has 6 rings (SSSR count). The average molecular weight is 625 g/mol. The molecule has 8 atom stereocenters. The van der Waals surface area contributed by atoms with Gasteiger partial charge in [0.25, 0.3) is 0 Å². The van der Waals surface area contributed by atoms with Crippen molar-refractivity contribution in [1.82, 2.24) is 0 Å². The number of carbonyl (C=O) groups excluding carboxylic acids is 4. The molecular formula is C36H64O8. The summed E-state index contributed by atoms with van der Waals surface area (Å²) in [7, 11) is 0. The lowest BCUT2D eigenvalue weighted by Gasteiger charge is -2.35. The summed E-state index contributed by atoms with van der Waals surface area (Å²) in [4.78, 5) is 47.8. The molecule has 2 heterocycles. The van der Waals surface area contributed by atoms with E-state index in [1.165, 1.54) is 0 Å². The van der Waals surface area contributed by atoms with Crippen LogP contribution in [0.15, 0.2) is 0 Å². The topological polar surface area (TPSA) is 105 Å². The van der Waals surface area contributed by atoms with Crippen LogP contribution in [-0.4, -0.2) is 49.3 Å². The van der Waals surface area contributed by atoms with E-state index in [1.54, 1.807) is 0 Å². The van der Waals surface area contributed by atoms with Gasteiger partial charge >= 0.3 is 23.9 Å². The zero-order chi connectivity index (χ0) is 29.1. The molecule has 2 saturated heterocycles. The fourth-order valence-electron chi connectivity index (χ4n) is 8.18. The van der Waals surface area contributed by atoms with Gasteiger partial charge in [0, 0.05) is 5.41 Å². The van der Waals surface area contributed by atoms with Crippen molar-refractivity contribution in [2.24, 2.45) is 45.3 Å². The molecule has 8 heteroatoms. The predicted molar refractivity (Wildman–Crippen MR) is 173 cm³/mol. The first-order valence-corrected chi connectivity index (χ1v) is 15.5. The first kappa shape index (κ1) is 39.9. The van der Waals surface area contributed by atoms with E-state index in [0.717, 1.165) is 57.8 Å². The van der Waals surface area contributed by atoms with Gasteiger partial charge in [-0.25, -0.2) is 0 Å². The van der Waals surface area contributed by atoms with Crippen LogP contribution < -0.4 is 0 Å². The van der Waals surface area contributed by atoms with Crippen LogP contribution in [0.25, 0.3) is 0 Å². The molecule has 0 N–H and O–H groups in total. The number of rotatable bonds is 6. The Hall–Kier alpha value is -2.12. The van der Waals surface area contributed by atoms with Gasteiger partial charge in [0.05, 0.1) is 35.9 Å². The monoisotopic (exact) mass is 624 g/mol. The van der Waals surface area contributed by atoms with Crippen LogP contribution in [0.1, 0.15) is 135 Å². The molecule has 4 aliphatic carbocycles. The third kappa shape index (κ3) is 6.84. The van der Waals surface area contributed by atoms with Crippen LogP contribution in [0.2, 0.25) is 0 Å². The average Bonchev–Trinajstić information content (AvgIpc) is 3.75. The molecule has 8 nitrogen and oxygen atoms in total. The van der Waals surface area contributed by atoms with E-state index in [0.29, 0.717) is 43.3 Å². The first-order chi connectivity index (χ1) is 18.7. The number of hydrogen-bond acceptors (Lipinski definition) is 8. The Kier molecular flexibility index (Phi) is 12.8. The Balaban J connectivity index is 0.000000403. The predicted octanol–water partition coefficient (Wildman–Crippen LogP) is 7.94. The van der Waals surface area contributed by atoms with E-state index in [9.17, 15) is 19.2 Å². The molecule has 6 fully saturated rings. The summed E-state index contributed by atoms with van der Waals surface area (Å²) in [5.74, 6) is 1.37. The van der Waals surface area contributed by atoms with Crippen molar-refractivity contribution in [2.45, 2.75) is 148 Å². The Morgan fingerprint density at radius 3 is 1.64 bits per heavy atom. The van der Waals surface area contributed by atoms with E-state index in [1.807, 2.05) is 41.5 Å². The summed E-state index contributed by atoms with van der Waals surface area (Å²) in [6.45, 7) is 12.9. The van der Waals surface area contributed by atoms with Gasteiger partial charge in [-0.3, -0.25) is 19.2 Å². The summed E-state index contributed by atoms with van der Waals surface area (Å²) >= 11 is 0. The highest BCUT2D eigenvalue weighted by molar-refractivity contribution is 5.80. The van der Waals surface area contributed by atoms with E-state index in [2.05, 4.69) is 0 Å². The second kappa shape index (κ2) is 14.1. The minimum atomic E-state index is -0.411. The molecule has 44 heavy (non-hydrogen) atoms. The molecule has 6 aliphatic rings. The van der Waals surface area contributed by atoms with Crippen molar-refractivity contribution in [2.75, 3.05) is 13.2 Å². The molecule has 2 aliphatic heterocycles. The summed E-state index contributed by atoms with van der Waals surface area (Å²) in [5, 5.41) is 0. The van der Waals surface area contributed by atoms with Crippen LogP contribution in [0.5, 0.6) is 0 Å². The Morgan fingerprint density at radius 1 is 0.773 bits per heavy atom. The maximum atomic E-state index is 12.2. The van der Waals surface area contributed by atoms with Gasteiger partial charge in [0.2, 0.25) is 0 Å². The molecule has 2 spiro atoms. The number of cyclic esters (lactones) is 2. The standard InChI is InChI=1S/2C16H24O4.4CH4/c1-4-15(2,3)14(18)20-12-6-11-5-10(12)7-16(11)8-13(17)19-9-16;1-4-15(2,3)13(17)20-12-8-11-7-10(12)9-16(11)5-6-19-14(16)18;;;;/h2*10-12H,4-9H2,1-3H3;4*1H4. The van der Waals surface area contributed by atoms with Crippen LogP contribution in [-0.2, 0) is 38.1 Å². The molecule has 4 bridgehead atoms. The molecule has 0 aromatic carbocycles. The molecule has 8 unspecified atom stereocenters. The SMILES string of the molecule is C.C.C.C.CCC(C)(C)C(=O)OC1CC2CC1CC21CCOC1=O.CCC(C)(C)C(=O)OC1CC2CC1CC21COC(=O)C1. The Bertz CT molecular complexity index is 1050. The molecule has 4 saturated carbocycles. The van der Waals surface area contributed by atoms with Crippen molar-refractivity contribution in [3.05, 3.63) is 0 Å². The van der Waals surface area contributed by atoms with Crippen molar-refractivity contribution in [1.29, 1.82) is 0 Å². The highest BCUT2D eigenvalue weighted by Gasteiger charge is 2.63. The lowest BCUT2D eigenvalue weighted by atomic mass is 9.71. The largest absolute Gasteiger partial charge is 0.465 e. The van der Waals surface area contributed by atoms with Gasteiger partial charge in [-0.15, -0.1) is 0 Å². The molecular weight excluding hydrogens is 560 g/mol. The molecule has 0 radical (unpaired) electrons. The summed E-state index contributed by atoms with van der Waals surface area (Å²) < 4.78 is 21.9. The van der Waals surface area contributed by atoms with Crippen molar-refractivity contribution < 1.29 is 38.1 Å². The fourth-order valence-corrected chi connectivity index (χ4v) is 8.18. The molecule has 0 amide bonds. The maximum Gasteiger partial charge on any atom is 0.312 e. The lowest BCUT2D eigenvalue weighted by Crippen LogP contribution is -2.39. The fraction of sp³-hybridized carbons (Fsp3) is 0.889. The summed E-state index contributed by atoms with van der Waals surface area (Å²) in [6.07, 6.45) is 8.73. The van der Waals surface area contributed by atoms with E-state index < -0.39 is 10.8 Å². The number of esters is 4. The normalized spacial score (nSPS) is 35.8. The van der Waals surface area contributed by atoms with Crippen molar-refractivity contribution in [3.63, 3.8) is 0 Å². The van der Waals surface area contributed by atoms with Gasteiger partial charge in [-0.1, -0.05) is 43.6 Å². The zero-order valence-electron chi connectivity index (χ0n) is 25.2. The van der Waals surface area contributed by atoms with E-state index in [4.69, 9.17) is 18.9 Å². The minimum Gasteiger partial charge on any atom is -0.465 e. The quantitative estimate of drug-likeness (QED) is 0.217. The smallest absolute Gasteiger partial charge is 0.312 e. The van der Waals surface area contributed by atoms with Crippen LogP contribution in [0.3, 0.4) is 0 Å². The van der Waals surface area contributed by atoms with Crippen molar-refractivity contribution in [3.8, 4) is 0 Å². The van der Waals surface area contributed by atoms with E-state index >= 15 is 0 Å². The van der Waals surface area contributed by atoms with Crippen LogP contribution in [0, 0.1) is 45.3 Å². The van der Waals surface area contributed by atoms with Gasteiger partial charge < -0.3 is 18.9 Å². The lowest BCUT2D eigenvalue weighted by molar-refractivity contribution is -0.165. The van der Waals surface area contributed by atoms with Crippen LogP contribution >= 0.6 is 0 Å². The first-order valence-electron chi connectivity index (χ1n) is 15.5. The maximum absolute atomic E-state index is 12.2. The number of ether oxygens (including phenoxy) is 4. The van der Waals surface area contributed by atoms with Gasteiger partial charge in [-0.05, 0) is 109 Å². The summed E-state index contributed by atoms with van der Waals surface area (Å²) in [5.41, 5.74) is -0.990. The second-order valence-corrected chi connectivity index (χ2v) is 14.9. The Labute approximate surface area is 268 Å². The van der Waals surface area contributed by atoms with Crippen LogP contribution in [0.4, 0.5) is 0 Å². The molecule has 256 valence electrons. The number of carbonyl (C=O) groups is 4. The highest BCUT2D eigenvalue weighted by atomic mass is 16.6. The summed E-state index contributed by atoms with van der Waals surface area (Å²) in [6, 6.07) is 0. The van der Waals surface area contributed by atoms with E-state index in [-0.39, 0.29) is 76.6 Å². The number of fused-ring (bicyclic) bond motifs is 6. The zero-order valence-corrected chi connectivity index (χ0v) is 25.2. The third-order valence-electron chi connectivity index (χ3n) is 11.8. The molecule has 0 aromatic rings. The van der Waals surface area contributed by atoms with Gasteiger partial charge in [-0.2, -0.15) is 0 Å².